The number of amides is 1. The molecule has 0 aliphatic rings. The van der Waals surface area contributed by atoms with Crippen LogP contribution in [0.1, 0.15) is 18.5 Å². The predicted molar refractivity (Wildman–Crippen MR) is 105 cm³/mol. The van der Waals surface area contributed by atoms with Crippen molar-refractivity contribution in [3.05, 3.63) is 64.9 Å². The Morgan fingerprint density at radius 1 is 1.26 bits per heavy atom. The van der Waals surface area contributed by atoms with Gasteiger partial charge >= 0.3 is 0 Å². The van der Waals surface area contributed by atoms with E-state index in [1.165, 1.54) is 23.9 Å². The van der Waals surface area contributed by atoms with Crippen molar-refractivity contribution >= 4 is 29.3 Å². The van der Waals surface area contributed by atoms with Crippen molar-refractivity contribution in [1.29, 1.82) is 0 Å². The van der Waals surface area contributed by atoms with Crippen LogP contribution >= 0.6 is 23.4 Å². The molecule has 0 aliphatic heterocycles. The summed E-state index contributed by atoms with van der Waals surface area (Å²) in [5, 5.41) is 12.4. The second-order valence-corrected chi connectivity index (χ2v) is 7.38. The Bertz CT molecular complexity index is 945. The second kappa shape index (κ2) is 8.54. The molecule has 1 aromatic heterocycles. The Morgan fingerprint density at radius 3 is 2.70 bits per heavy atom. The number of nitrogens with one attached hydrogen (secondary N) is 1. The first-order chi connectivity index (χ1) is 12.9. The molecule has 1 N–H and O–H groups in total. The summed E-state index contributed by atoms with van der Waals surface area (Å²) < 4.78 is 14.9. The Morgan fingerprint density at radius 2 is 2.00 bits per heavy atom. The summed E-state index contributed by atoms with van der Waals surface area (Å²) in [5.74, 6) is 0.408. The first-order valence-electron chi connectivity index (χ1n) is 8.27. The minimum atomic E-state index is -0.305. The molecule has 0 saturated heterocycles. The number of thioether (sulfide) groups is 1. The van der Waals surface area contributed by atoms with Gasteiger partial charge in [0.1, 0.15) is 5.82 Å². The lowest BCUT2D eigenvalue weighted by Crippen LogP contribution is -2.28. The molecule has 27 heavy (non-hydrogen) atoms. The van der Waals surface area contributed by atoms with Crippen molar-refractivity contribution in [3.8, 4) is 11.4 Å². The van der Waals surface area contributed by atoms with E-state index in [-0.39, 0.29) is 23.5 Å². The third-order valence-corrected chi connectivity index (χ3v) is 5.25. The molecule has 0 radical (unpaired) electrons. The molecule has 8 heteroatoms. The van der Waals surface area contributed by atoms with Crippen LogP contribution in [-0.2, 0) is 11.8 Å². The van der Waals surface area contributed by atoms with Crippen molar-refractivity contribution in [1.82, 2.24) is 20.1 Å². The fourth-order valence-corrected chi connectivity index (χ4v) is 3.48. The first kappa shape index (κ1) is 19.4. The third kappa shape index (κ3) is 4.87. The standard InChI is InChI=1S/C19H18ClFN4OS/c1-12(14-4-3-5-15(20)10-14)22-17(26)11-27-19-24-23-18(25(19)2)13-6-8-16(21)9-7-13/h3-10,12H,11H2,1-2H3,(H,22,26). The predicted octanol–water partition coefficient (Wildman–Crippen LogP) is 4.24. The van der Waals surface area contributed by atoms with Crippen molar-refractivity contribution in [2.45, 2.75) is 18.1 Å². The fourth-order valence-electron chi connectivity index (χ4n) is 2.56. The van der Waals surface area contributed by atoms with Crippen molar-refractivity contribution in [2.24, 2.45) is 7.05 Å². The van der Waals surface area contributed by atoms with Gasteiger partial charge < -0.3 is 9.88 Å². The normalized spacial score (nSPS) is 12.0. The van der Waals surface area contributed by atoms with E-state index in [2.05, 4.69) is 15.5 Å². The van der Waals surface area contributed by atoms with Gasteiger partial charge in [0.2, 0.25) is 5.91 Å². The molecule has 0 bridgehead atoms. The third-order valence-electron chi connectivity index (χ3n) is 4.00. The monoisotopic (exact) mass is 404 g/mol. The number of hydrogen-bond acceptors (Lipinski definition) is 4. The number of aromatic nitrogens is 3. The lowest BCUT2D eigenvalue weighted by Gasteiger charge is -2.14. The fraction of sp³-hybridized carbons (Fsp3) is 0.211. The molecule has 0 spiro atoms. The zero-order valence-electron chi connectivity index (χ0n) is 14.8. The minimum Gasteiger partial charge on any atom is -0.349 e. The lowest BCUT2D eigenvalue weighted by molar-refractivity contribution is -0.119. The summed E-state index contributed by atoms with van der Waals surface area (Å²) in [6, 6.07) is 13.3. The summed E-state index contributed by atoms with van der Waals surface area (Å²) in [6.07, 6.45) is 0. The summed E-state index contributed by atoms with van der Waals surface area (Å²) in [7, 11) is 1.81. The van der Waals surface area contributed by atoms with E-state index in [0.29, 0.717) is 16.0 Å². The molecule has 1 unspecified atom stereocenters. The van der Waals surface area contributed by atoms with E-state index in [1.54, 1.807) is 22.8 Å². The Labute approximate surface area is 166 Å². The second-order valence-electron chi connectivity index (χ2n) is 6.00. The highest BCUT2D eigenvalue weighted by molar-refractivity contribution is 7.99. The number of carbonyl (C=O) groups is 1. The average Bonchev–Trinajstić information content (AvgIpc) is 3.01. The maximum Gasteiger partial charge on any atom is 0.230 e. The topological polar surface area (TPSA) is 59.8 Å². The lowest BCUT2D eigenvalue weighted by atomic mass is 10.1. The Hall–Kier alpha value is -2.38. The smallest absolute Gasteiger partial charge is 0.230 e. The summed E-state index contributed by atoms with van der Waals surface area (Å²) >= 11 is 7.28. The zero-order valence-corrected chi connectivity index (χ0v) is 16.4. The Balaban J connectivity index is 1.60. The molecule has 140 valence electrons. The highest BCUT2D eigenvalue weighted by Crippen LogP contribution is 2.23. The largest absolute Gasteiger partial charge is 0.349 e. The molecule has 1 heterocycles. The highest BCUT2D eigenvalue weighted by atomic mass is 35.5. The number of halogens is 2. The molecule has 2 aromatic carbocycles. The average molecular weight is 405 g/mol. The first-order valence-corrected chi connectivity index (χ1v) is 9.63. The van der Waals surface area contributed by atoms with Gasteiger partial charge in [-0.1, -0.05) is 35.5 Å². The van der Waals surface area contributed by atoms with Gasteiger partial charge in [0.25, 0.3) is 0 Å². The molecule has 3 aromatic rings. The van der Waals surface area contributed by atoms with Gasteiger partial charge in [-0.2, -0.15) is 0 Å². The van der Waals surface area contributed by atoms with Crippen LogP contribution in [0.25, 0.3) is 11.4 Å². The number of nitrogens with zero attached hydrogens (tertiary/aromatic N) is 3. The number of rotatable bonds is 6. The molecule has 1 atom stereocenters. The summed E-state index contributed by atoms with van der Waals surface area (Å²) in [6.45, 7) is 1.91. The molecule has 1 amide bonds. The van der Waals surface area contributed by atoms with Gasteiger partial charge in [-0.25, -0.2) is 4.39 Å². The van der Waals surface area contributed by atoms with Gasteiger partial charge in [0.15, 0.2) is 11.0 Å². The van der Waals surface area contributed by atoms with Crippen molar-refractivity contribution in [2.75, 3.05) is 5.75 Å². The van der Waals surface area contributed by atoms with E-state index in [9.17, 15) is 9.18 Å². The zero-order chi connectivity index (χ0) is 19.4. The van der Waals surface area contributed by atoms with Gasteiger partial charge in [-0.05, 0) is 48.9 Å². The summed E-state index contributed by atoms with van der Waals surface area (Å²) in [4.78, 5) is 12.2. The van der Waals surface area contributed by atoms with Crippen LogP contribution in [0.5, 0.6) is 0 Å². The quantitative estimate of drug-likeness (QED) is 0.624. The minimum absolute atomic E-state index is 0.112. The molecular formula is C19H18ClFN4OS. The molecule has 5 nitrogen and oxygen atoms in total. The van der Waals surface area contributed by atoms with Crippen LogP contribution in [0.15, 0.2) is 53.7 Å². The highest BCUT2D eigenvalue weighted by Gasteiger charge is 2.15. The van der Waals surface area contributed by atoms with Crippen LogP contribution in [0.3, 0.4) is 0 Å². The van der Waals surface area contributed by atoms with Crippen LogP contribution in [-0.4, -0.2) is 26.4 Å². The van der Waals surface area contributed by atoms with Crippen LogP contribution in [0, 0.1) is 5.82 Å². The van der Waals surface area contributed by atoms with Gasteiger partial charge in [0.05, 0.1) is 11.8 Å². The van der Waals surface area contributed by atoms with E-state index >= 15 is 0 Å². The Kier molecular flexibility index (Phi) is 6.13. The molecule has 0 fully saturated rings. The number of hydrogen-bond donors (Lipinski definition) is 1. The summed E-state index contributed by atoms with van der Waals surface area (Å²) in [5.41, 5.74) is 1.70. The molecule has 3 rings (SSSR count). The van der Waals surface area contributed by atoms with E-state index in [0.717, 1.165) is 11.1 Å². The van der Waals surface area contributed by atoms with Crippen molar-refractivity contribution in [3.63, 3.8) is 0 Å². The molecular weight excluding hydrogens is 387 g/mol. The van der Waals surface area contributed by atoms with Crippen molar-refractivity contribution < 1.29 is 9.18 Å². The number of benzene rings is 2. The van der Waals surface area contributed by atoms with Gasteiger partial charge in [-0.3, -0.25) is 4.79 Å². The van der Waals surface area contributed by atoms with Gasteiger partial charge in [0, 0.05) is 17.6 Å². The molecule has 0 saturated carbocycles. The van der Waals surface area contributed by atoms with Gasteiger partial charge in [-0.15, -0.1) is 10.2 Å². The number of carbonyl (C=O) groups excluding carboxylic acids is 1. The van der Waals surface area contributed by atoms with E-state index in [4.69, 9.17) is 11.6 Å². The maximum atomic E-state index is 13.1. The van der Waals surface area contributed by atoms with Crippen LogP contribution in [0.4, 0.5) is 4.39 Å². The maximum absolute atomic E-state index is 13.1. The SMILES string of the molecule is CC(NC(=O)CSc1nnc(-c2ccc(F)cc2)n1C)c1cccc(Cl)c1. The molecule has 0 aliphatic carbocycles. The van der Waals surface area contributed by atoms with Crippen LogP contribution in [0.2, 0.25) is 5.02 Å². The van der Waals surface area contributed by atoms with E-state index < -0.39 is 0 Å². The van der Waals surface area contributed by atoms with E-state index in [1.807, 2.05) is 32.2 Å². The van der Waals surface area contributed by atoms with Crippen LogP contribution < -0.4 is 5.32 Å².